The van der Waals surface area contributed by atoms with E-state index in [1.54, 1.807) is 37.4 Å². The second kappa shape index (κ2) is 6.11. The first-order valence-corrected chi connectivity index (χ1v) is 9.34. The number of rotatable bonds is 4. The molecule has 132 valence electrons. The molecule has 2 aromatic carbocycles. The Morgan fingerprint density at radius 2 is 1.88 bits per heavy atom. The molecule has 26 heavy (non-hydrogen) atoms. The van der Waals surface area contributed by atoms with Crippen LogP contribution in [0.15, 0.2) is 58.1 Å². The monoisotopic (exact) mass is 389 g/mol. The Kier molecular flexibility index (Phi) is 3.89. The van der Waals surface area contributed by atoms with Crippen LogP contribution in [0.3, 0.4) is 0 Å². The van der Waals surface area contributed by atoms with E-state index < -0.39 is 10.0 Å². The van der Waals surface area contributed by atoms with E-state index >= 15 is 0 Å². The number of fused-ring (bicyclic) bond motifs is 1. The highest BCUT2D eigenvalue weighted by molar-refractivity contribution is 7.93. The summed E-state index contributed by atoms with van der Waals surface area (Å²) in [5.41, 5.74) is 1.96. The standard InChI is InChI=1S/C16H12ClN5O3S/c1-22-15(9-13(18-22)10-5-7-11(17)8-6-10)21-26(23,24)14-4-2-3-12-16(14)20-25-19-12/h2-9,21H,1H3. The molecule has 0 saturated carbocycles. The minimum atomic E-state index is -3.90. The normalized spacial score (nSPS) is 11.8. The summed E-state index contributed by atoms with van der Waals surface area (Å²) in [5.74, 6) is 0.309. The van der Waals surface area contributed by atoms with E-state index in [9.17, 15) is 8.42 Å². The molecule has 4 rings (SSSR count). The zero-order valence-electron chi connectivity index (χ0n) is 13.4. The van der Waals surface area contributed by atoms with Gasteiger partial charge in [0.15, 0.2) is 5.52 Å². The molecule has 0 spiro atoms. The van der Waals surface area contributed by atoms with Crippen LogP contribution in [0.1, 0.15) is 0 Å². The molecule has 0 amide bonds. The Labute approximate surface area is 153 Å². The highest BCUT2D eigenvalue weighted by Crippen LogP contribution is 2.26. The molecule has 0 radical (unpaired) electrons. The SMILES string of the molecule is Cn1nc(-c2ccc(Cl)cc2)cc1NS(=O)(=O)c1cccc2nonc12. The maximum atomic E-state index is 12.8. The first-order chi connectivity index (χ1) is 12.4. The second-order valence-electron chi connectivity index (χ2n) is 5.54. The van der Waals surface area contributed by atoms with E-state index in [1.165, 1.54) is 10.7 Å². The Morgan fingerprint density at radius 3 is 2.65 bits per heavy atom. The van der Waals surface area contributed by atoms with Crippen LogP contribution in [0.25, 0.3) is 22.3 Å². The maximum Gasteiger partial charge on any atom is 0.265 e. The van der Waals surface area contributed by atoms with Gasteiger partial charge in [-0.2, -0.15) is 5.10 Å². The average Bonchev–Trinajstić information content (AvgIpc) is 3.22. The van der Waals surface area contributed by atoms with Gasteiger partial charge in [0, 0.05) is 23.7 Å². The summed E-state index contributed by atoms with van der Waals surface area (Å²) in [6.07, 6.45) is 0. The van der Waals surface area contributed by atoms with Crippen LogP contribution < -0.4 is 4.72 Å². The summed E-state index contributed by atoms with van der Waals surface area (Å²) >= 11 is 5.89. The van der Waals surface area contributed by atoms with Gasteiger partial charge in [0.05, 0.1) is 5.69 Å². The lowest BCUT2D eigenvalue weighted by atomic mass is 10.1. The van der Waals surface area contributed by atoms with Crippen LogP contribution in [0, 0.1) is 0 Å². The zero-order valence-corrected chi connectivity index (χ0v) is 15.0. The second-order valence-corrected chi connectivity index (χ2v) is 7.63. The van der Waals surface area contributed by atoms with Crippen molar-refractivity contribution in [3.8, 4) is 11.3 Å². The molecule has 0 atom stereocenters. The Morgan fingerprint density at radius 1 is 1.12 bits per heavy atom. The van der Waals surface area contributed by atoms with E-state index in [0.29, 0.717) is 22.1 Å². The van der Waals surface area contributed by atoms with Crippen LogP contribution in [0.4, 0.5) is 5.82 Å². The van der Waals surface area contributed by atoms with Gasteiger partial charge in [-0.25, -0.2) is 13.0 Å². The van der Waals surface area contributed by atoms with E-state index in [4.69, 9.17) is 11.6 Å². The lowest BCUT2D eigenvalue weighted by molar-refractivity contribution is 0.315. The van der Waals surface area contributed by atoms with Gasteiger partial charge in [-0.05, 0) is 34.6 Å². The molecule has 10 heteroatoms. The highest BCUT2D eigenvalue weighted by atomic mass is 35.5. The smallest absolute Gasteiger partial charge is 0.263 e. The number of aryl methyl sites for hydroxylation is 1. The maximum absolute atomic E-state index is 12.8. The number of hydrogen-bond acceptors (Lipinski definition) is 6. The largest absolute Gasteiger partial charge is 0.265 e. The number of halogens is 1. The molecule has 8 nitrogen and oxygen atoms in total. The van der Waals surface area contributed by atoms with Crippen molar-refractivity contribution in [2.75, 3.05) is 4.72 Å². The first-order valence-electron chi connectivity index (χ1n) is 7.48. The third-order valence-electron chi connectivity index (χ3n) is 3.80. The molecule has 0 aliphatic carbocycles. The third-order valence-corrected chi connectivity index (χ3v) is 5.44. The van der Waals surface area contributed by atoms with E-state index in [0.717, 1.165) is 5.56 Å². The third kappa shape index (κ3) is 2.91. The molecule has 0 bridgehead atoms. The number of sulfonamides is 1. The Balaban J connectivity index is 1.71. The highest BCUT2D eigenvalue weighted by Gasteiger charge is 2.22. The summed E-state index contributed by atoms with van der Waals surface area (Å²) in [5, 5.41) is 12.3. The minimum Gasteiger partial charge on any atom is -0.263 e. The summed E-state index contributed by atoms with van der Waals surface area (Å²) in [4.78, 5) is -0.0227. The quantitative estimate of drug-likeness (QED) is 0.575. The van der Waals surface area contributed by atoms with Gasteiger partial charge >= 0.3 is 0 Å². The van der Waals surface area contributed by atoms with Gasteiger partial charge in [0.1, 0.15) is 16.2 Å². The van der Waals surface area contributed by atoms with Crippen molar-refractivity contribution in [3.63, 3.8) is 0 Å². The van der Waals surface area contributed by atoms with Crippen LogP contribution in [-0.2, 0) is 17.1 Å². The van der Waals surface area contributed by atoms with Gasteiger partial charge in [-0.15, -0.1) is 0 Å². The molecule has 4 aromatic rings. The predicted molar refractivity (Wildman–Crippen MR) is 96.3 cm³/mol. The van der Waals surface area contributed by atoms with Crippen molar-refractivity contribution < 1.29 is 13.0 Å². The van der Waals surface area contributed by atoms with Crippen molar-refractivity contribution in [3.05, 3.63) is 53.6 Å². The predicted octanol–water partition coefficient (Wildman–Crippen LogP) is 3.08. The molecule has 2 heterocycles. The number of benzene rings is 2. The molecule has 0 aliphatic rings. The van der Waals surface area contributed by atoms with E-state index in [2.05, 4.69) is 24.8 Å². The van der Waals surface area contributed by atoms with Gasteiger partial charge in [0.25, 0.3) is 10.0 Å². The zero-order chi connectivity index (χ0) is 18.3. The number of anilines is 1. The molecular formula is C16H12ClN5O3S. The molecule has 0 saturated heterocycles. The van der Waals surface area contributed by atoms with Crippen LogP contribution in [-0.4, -0.2) is 28.5 Å². The molecular weight excluding hydrogens is 378 g/mol. The molecule has 0 unspecified atom stereocenters. The molecule has 2 aromatic heterocycles. The fourth-order valence-electron chi connectivity index (χ4n) is 2.52. The lowest BCUT2D eigenvalue weighted by Gasteiger charge is -2.07. The number of hydrogen-bond donors (Lipinski definition) is 1. The number of nitrogens with zero attached hydrogens (tertiary/aromatic N) is 4. The minimum absolute atomic E-state index is 0.0227. The van der Waals surface area contributed by atoms with Crippen LogP contribution >= 0.6 is 11.6 Å². The number of nitrogens with one attached hydrogen (secondary N) is 1. The molecule has 0 fully saturated rings. The van der Waals surface area contributed by atoms with Crippen molar-refractivity contribution in [1.29, 1.82) is 0 Å². The van der Waals surface area contributed by atoms with Gasteiger partial charge in [-0.3, -0.25) is 9.40 Å². The van der Waals surface area contributed by atoms with Gasteiger partial charge < -0.3 is 0 Å². The van der Waals surface area contributed by atoms with Crippen molar-refractivity contribution in [2.45, 2.75) is 4.90 Å². The topological polar surface area (TPSA) is 103 Å². The van der Waals surface area contributed by atoms with Crippen LogP contribution in [0.2, 0.25) is 5.02 Å². The summed E-state index contributed by atoms with van der Waals surface area (Å²) in [6, 6.07) is 13.4. The van der Waals surface area contributed by atoms with Crippen molar-refractivity contribution in [2.24, 2.45) is 7.05 Å². The summed E-state index contributed by atoms with van der Waals surface area (Å²) < 4.78 is 34.2. The van der Waals surface area contributed by atoms with Crippen LogP contribution in [0.5, 0.6) is 0 Å². The fourth-order valence-corrected chi connectivity index (χ4v) is 3.87. The van der Waals surface area contributed by atoms with E-state index in [1.807, 2.05) is 12.1 Å². The number of aromatic nitrogens is 4. The average molecular weight is 390 g/mol. The Hall–Kier alpha value is -2.91. The summed E-state index contributed by atoms with van der Waals surface area (Å²) in [7, 11) is -2.25. The fraction of sp³-hybridized carbons (Fsp3) is 0.0625. The van der Waals surface area contributed by atoms with Crippen molar-refractivity contribution >= 4 is 38.5 Å². The summed E-state index contributed by atoms with van der Waals surface area (Å²) in [6.45, 7) is 0. The van der Waals surface area contributed by atoms with Gasteiger partial charge in [-0.1, -0.05) is 29.8 Å². The molecule has 1 N–H and O–H groups in total. The van der Waals surface area contributed by atoms with Gasteiger partial charge in [0.2, 0.25) is 0 Å². The lowest BCUT2D eigenvalue weighted by Crippen LogP contribution is -2.15. The van der Waals surface area contributed by atoms with Crippen molar-refractivity contribution in [1.82, 2.24) is 20.1 Å². The molecule has 0 aliphatic heterocycles. The van der Waals surface area contributed by atoms with E-state index in [-0.39, 0.29) is 10.4 Å². The first kappa shape index (κ1) is 16.6. The Bertz CT molecular complexity index is 1200.